The van der Waals surface area contributed by atoms with Crippen molar-refractivity contribution in [3.8, 4) is 0 Å². The number of thioether (sulfide) groups is 1. The molecule has 114 valence electrons. The van der Waals surface area contributed by atoms with Gasteiger partial charge in [-0.15, -0.1) is 0 Å². The van der Waals surface area contributed by atoms with Gasteiger partial charge in [-0.3, -0.25) is 9.48 Å². The first kappa shape index (κ1) is 14.4. The van der Waals surface area contributed by atoms with Gasteiger partial charge in [0, 0.05) is 13.6 Å². The number of aromatic nitrogens is 4. The summed E-state index contributed by atoms with van der Waals surface area (Å²) in [5, 5.41) is 14.1. The monoisotopic (exact) mass is 308 g/mol. The summed E-state index contributed by atoms with van der Waals surface area (Å²) in [4.78, 5) is 15.4. The molecule has 0 atom stereocenters. The average Bonchev–Trinajstić information content (AvgIpc) is 2.85. The van der Waals surface area contributed by atoms with Crippen LogP contribution in [0.2, 0.25) is 0 Å². The predicted octanol–water partition coefficient (Wildman–Crippen LogP) is 2.45. The minimum Gasteiger partial charge on any atom is -0.481 e. The number of carboxylic acids is 1. The molecule has 21 heavy (non-hydrogen) atoms. The van der Waals surface area contributed by atoms with Crippen molar-refractivity contribution in [2.75, 3.05) is 5.75 Å². The molecule has 0 aromatic carbocycles. The molecule has 1 aliphatic carbocycles. The van der Waals surface area contributed by atoms with E-state index in [1.165, 1.54) is 31.0 Å². The molecule has 1 aliphatic rings. The van der Waals surface area contributed by atoms with Gasteiger partial charge in [-0.05, 0) is 19.3 Å². The highest BCUT2D eigenvalue weighted by Gasteiger charge is 2.21. The van der Waals surface area contributed by atoms with Crippen molar-refractivity contribution in [3.05, 3.63) is 5.69 Å². The van der Waals surface area contributed by atoms with Crippen LogP contribution >= 0.6 is 11.8 Å². The maximum absolute atomic E-state index is 10.8. The Morgan fingerprint density at radius 3 is 2.86 bits per heavy atom. The van der Waals surface area contributed by atoms with Gasteiger partial charge < -0.3 is 9.67 Å². The van der Waals surface area contributed by atoms with E-state index in [1.807, 2.05) is 18.7 Å². The van der Waals surface area contributed by atoms with Crippen LogP contribution in [0.25, 0.3) is 11.2 Å². The summed E-state index contributed by atoms with van der Waals surface area (Å²) < 4.78 is 3.99. The van der Waals surface area contributed by atoms with Gasteiger partial charge in [0.2, 0.25) is 0 Å². The van der Waals surface area contributed by atoms with Crippen LogP contribution in [0.1, 0.15) is 31.4 Å². The smallest absolute Gasteiger partial charge is 0.313 e. The lowest BCUT2D eigenvalue weighted by Crippen LogP contribution is -2.15. The van der Waals surface area contributed by atoms with Crippen molar-refractivity contribution in [1.82, 2.24) is 19.3 Å². The second-order valence-electron chi connectivity index (χ2n) is 5.70. The number of fused-ring (bicyclic) bond motifs is 1. The van der Waals surface area contributed by atoms with Gasteiger partial charge in [-0.1, -0.05) is 31.0 Å². The molecule has 2 aromatic heterocycles. The number of rotatable bonds is 6. The van der Waals surface area contributed by atoms with E-state index < -0.39 is 5.97 Å². The molecule has 2 aromatic rings. The first-order chi connectivity index (χ1) is 10.1. The van der Waals surface area contributed by atoms with Gasteiger partial charge in [0.1, 0.15) is 5.52 Å². The number of hydrogen-bond acceptors (Lipinski definition) is 4. The maximum atomic E-state index is 10.8. The van der Waals surface area contributed by atoms with Crippen molar-refractivity contribution < 1.29 is 9.90 Å². The molecule has 0 radical (unpaired) electrons. The van der Waals surface area contributed by atoms with Crippen LogP contribution in [0, 0.1) is 12.8 Å². The lowest BCUT2D eigenvalue weighted by Gasteiger charge is -2.25. The summed E-state index contributed by atoms with van der Waals surface area (Å²) in [6, 6.07) is 0. The van der Waals surface area contributed by atoms with E-state index in [9.17, 15) is 4.79 Å². The summed E-state index contributed by atoms with van der Waals surface area (Å²) in [5.41, 5.74) is 2.78. The Hall–Kier alpha value is -1.50. The van der Waals surface area contributed by atoms with E-state index in [0.717, 1.165) is 40.9 Å². The highest BCUT2D eigenvalue weighted by molar-refractivity contribution is 7.99. The Bertz CT molecular complexity index is 672. The average molecular weight is 308 g/mol. The van der Waals surface area contributed by atoms with Crippen LogP contribution in [0.15, 0.2) is 5.16 Å². The molecule has 0 spiro atoms. The second-order valence-corrected chi connectivity index (χ2v) is 6.64. The molecule has 0 amide bonds. The van der Waals surface area contributed by atoms with Crippen molar-refractivity contribution >= 4 is 28.9 Å². The lowest BCUT2D eigenvalue weighted by molar-refractivity contribution is -0.133. The molecular weight excluding hydrogens is 288 g/mol. The first-order valence-electron chi connectivity index (χ1n) is 7.30. The summed E-state index contributed by atoms with van der Waals surface area (Å²) >= 11 is 1.29. The molecule has 1 fully saturated rings. The van der Waals surface area contributed by atoms with E-state index in [2.05, 4.69) is 14.6 Å². The van der Waals surface area contributed by atoms with Gasteiger partial charge in [0.15, 0.2) is 10.8 Å². The molecular formula is C14H20N4O2S. The Morgan fingerprint density at radius 2 is 2.24 bits per heavy atom. The molecule has 1 saturated carbocycles. The zero-order valence-corrected chi connectivity index (χ0v) is 13.2. The number of nitrogens with zero attached hydrogens (tertiary/aromatic N) is 4. The van der Waals surface area contributed by atoms with Crippen molar-refractivity contribution in [3.63, 3.8) is 0 Å². The fourth-order valence-electron chi connectivity index (χ4n) is 2.85. The summed E-state index contributed by atoms with van der Waals surface area (Å²) in [7, 11) is 1.92. The van der Waals surface area contributed by atoms with E-state index >= 15 is 0 Å². The molecule has 0 aliphatic heterocycles. The van der Waals surface area contributed by atoms with E-state index in [0.29, 0.717) is 0 Å². The molecule has 3 rings (SSSR count). The summed E-state index contributed by atoms with van der Waals surface area (Å²) in [6.07, 6.45) is 5.12. The van der Waals surface area contributed by atoms with E-state index in [4.69, 9.17) is 5.11 Å². The molecule has 0 saturated heterocycles. The number of aliphatic carboxylic acids is 1. The molecule has 6 nitrogen and oxygen atoms in total. The molecule has 7 heteroatoms. The topological polar surface area (TPSA) is 72.9 Å². The highest BCUT2D eigenvalue weighted by atomic mass is 32.2. The Kier molecular flexibility index (Phi) is 3.93. The van der Waals surface area contributed by atoms with E-state index in [1.54, 1.807) is 0 Å². The number of aryl methyl sites for hydroxylation is 3. The lowest BCUT2D eigenvalue weighted by atomic mass is 9.83. The third-order valence-electron chi connectivity index (χ3n) is 4.17. The van der Waals surface area contributed by atoms with Gasteiger partial charge >= 0.3 is 5.97 Å². The minimum absolute atomic E-state index is 0.0409. The fourth-order valence-corrected chi connectivity index (χ4v) is 3.59. The second kappa shape index (κ2) is 5.71. The first-order valence-corrected chi connectivity index (χ1v) is 8.29. The van der Waals surface area contributed by atoms with Crippen molar-refractivity contribution in [1.29, 1.82) is 0 Å². The van der Waals surface area contributed by atoms with Crippen molar-refractivity contribution in [2.24, 2.45) is 13.0 Å². The molecule has 2 heterocycles. The van der Waals surface area contributed by atoms with Crippen LogP contribution in [0.5, 0.6) is 0 Å². The SMILES string of the molecule is Cc1nn(C)c2c1nc(SCC(=O)O)n2CCC1CCC1. The fraction of sp³-hybridized carbons (Fsp3) is 0.643. The minimum atomic E-state index is -0.813. The Labute approximate surface area is 127 Å². The third-order valence-corrected chi connectivity index (χ3v) is 5.13. The summed E-state index contributed by atoms with van der Waals surface area (Å²) in [5.74, 6) is 0.0423. The maximum Gasteiger partial charge on any atom is 0.313 e. The van der Waals surface area contributed by atoms with Crippen LogP contribution in [-0.4, -0.2) is 36.2 Å². The summed E-state index contributed by atoms with van der Waals surface area (Å²) in [6.45, 7) is 2.83. The number of imidazole rings is 1. The van der Waals surface area contributed by atoms with Gasteiger partial charge in [0.05, 0.1) is 11.4 Å². The largest absolute Gasteiger partial charge is 0.481 e. The van der Waals surface area contributed by atoms with E-state index in [-0.39, 0.29) is 5.75 Å². The van der Waals surface area contributed by atoms with Crippen LogP contribution in [-0.2, 0) is 18.4 Å². The zero-order valence-electron chi connectivity index (χ0n) is 12.4. The molecule has 1 N–H and O–H groups in total. The number of carboxylic acid groups (broad SMARTS) is 1. The van der Waals surface area contributed by atoms with Crippen LogP contribution < -0.4 is 0 Å². The van der Waals surface area contributed by atoms with Crippen LogP contribution in [0.4, 0.5) is 0 Å². The van der Waals surface area contributed by atoms with Gasteiger partial charge in [-0.25, -0.2) is 4.98 Å². The highest BCUT2D eigenvalue weighted by Crippen LogP contribution is 2.32. The Morgan fingerprint density at radius 1 is 1.48 bits per heavy atom. The van der Waals surface area contributed by atoms with Crippen molar-refractivity contribution in [2.45, 2.75) is 44.3 Å². The third kappa shape index (κ3) is 2.79. The standard InChI is InChI=1S/C14H20N4O2S/c1-9-12-13(17(2)16-9)18(7-6-10-4-3-5-10)14(15-12)21-8-11(19)20/h10H,3-8H2,1-2H3,(H,19,20). The number of hydrogen-bond donors (Lipinski definition) is 1. The quantitative estimate of drug-likeness (QED) is 0.830. The molecule has 0 bridgehead atoms. The predicted molar refractivity (Wildman–Crippen MR) is 81.6 cm³/mol. The zero-order chi connectivity index (χ0) is 15.0. The van der Waals surface area contributed by atoms with Gasteiger partial charge in [-0.2, -0.15) is 5.10 Å². The molecule has 0 unspecified atom stereocenters. The number of carbonyl (C=O) groups is 1. The normalized spacial score (nSPS) is 15.5. The van der Waals surface area contributed by atoms with Crippen LogP contribution in [0.3, 0.4) is 0 Å². The Balaban J connectivity index is 1.90. The van der Waals surface area contributed by atoms with Gasteiger partial charge in [0.25, 0.3) is 0 Å².